The summed E-state index contributed by atoms with van der Waals surface area (Å²) in [6.07, 6.45) is 0.967. The number of rotatable bonds is 5. The summed E-state index contributed by atoms with van der Waals surface area (Å²) in [5.41, 5.74) is 5.62. The molecule has 2 fully saturated rings. The highest BCUT2D eigenvalue weighted by Crippen LogP contribution is 2.32. The van der Waals surface area contributed by atoms with E-state index >= 15 is 0 Å². The van der Waals surface area contributed by atoms with Crippen molar-refractivity contribution in [2.24, 2.45) is 5.73 Å². The minimum atomic E-state index is -4.55. The molecule has 0 spiro atoms. The average Bonchev–Trinajstić information content (AvgIpc) is 3.39. The molecule has 2 aromatic carbocycles. The third-order valence-corrected chi connectivity index (χ3v) is 7.70. The van der Waals surface area contributed by atoms with Gasteiger partial charge in [-0.2, -0.15) is 0 Å². The molecule has 4 rings (SSSR count). The number of fused-ring (bicyclic) bond motifs is 1. The van der Waals surface area contributed by atoms with Gasteiger partial charge in [0, 0.05) is 13.0 Å². The third kappa shape index (κ3) is 4.14. The van der Waals surface area contributed by atoms with E-state index in [1.165, 1.54) is 40.1 Å². The van der Waals surface area contributed by atoms with Crippen LogP contribution < -0.4 is 5.73 Å². The van der Waals surface area contributed by atoms with E-state index < -0.39 is 38.0 Å². The molecule has 0 bridgehead atoms. The number of ketones is 1. The number of phenolic OH excluding ortho intramolecular Hbond substituents is 1. The number of phenols is 1. The summed E-state index contributed by atoms with van der Waals surface area (Å²) < 4.78 is 24.7. The van der Waals surface area contributed by atoms with Gasteiger partial charge in [0.15, 0.2) is 5.78 Å². The standard InChI is InChI=1S/C23H23N3O7S/c24-23(31)34(32,33)19-4-2-1-3-16(19)22(30)26-13-18(28)21-17(26)11-12-25(21)20(29)10-7-14-5-8-15(27)9-6-14/h1-6,8-9,17,21,27H,7,10-13H2,(H2,24,31). The number of aryl methyl sites for hydroxylation is 1. The fourth-order valence-electron chi connectivity index (χ4n) is 4.57. The number of benzene rings is 2. The quantitative estimate of drug-likeness (QED) is 0.637. The maximum Gasteiger partial charge on any atom is 0.338 e. The van der Waals surface area contributed by atoms with Gasteiger partial charge in [-0.1, -0.05) is 24.3 Å². The van der Waals surface area contributed by atoms with Gasteiger partial charge in [-0.05, 0) is 42.7 Å². The van der Waals surface area contributed by atoms with E-state index in [1.54, 1.807) is 12.1 Å². The molecule has 34 heavy (non-hydrogen) atoms. The first kappa shape index (κ1) is 23.4. The summed E-state index contributed by atoms with van der Waals surface area (Å²) in [7, 11) is -4.55. The van der Waals surface area contributed by atoms with Gasteiger partial charge in [-0.15, -0.1) is 0 Å². The van der Waals surface area contributed by atoms with Gasteiger partial charge in [-0.3, -0.25) is 19.2 Å². The number of sulfone groups is 1. The number of nitrogens with two attached hydrogens (primary N) is 1. The number of Topliss-reactive ketones (excluding diaryl/α,β-unsaturated/α-hetero) is 1. The molecule has 0 radical (unpaired) electrons. The predicted molar refractivity (Wildman–Crippen MR) is 120 cm³/mol. The van der Waals surface area contributed by atoms with Crippen molar-refractivity contribution in [2.75, 3.05) is 13.1 Å². The van der Waals surface area contributed by atoms with E-state index in [0.29, 0.717) is 19.4 Å². The first-order valence-corrected chi connectivity index (χ1v) is 12.1. The largest absolute Gasteiger partial charge is 0.508 e. The Hall–Kier alpha value is -3.73. The van der Waals surface area contributed by atoms with E-state index in [4.69, 9.17) is 5.73 Å². The highest BCUT2D eigenvalue weighted by molar-refractivity contribution is 8.06. The van der Waals surface area contributed by atoms with Crippen molar-refractivity contribution < 1.29 is 32.7 Å². The first-order chi connectivity index (χ1) is 16.1. The molecule has 2 aliphatic heterocycles. The van der Waals surface area contributed by atoms with Crippen LogP contribution in [0.4, 0.5) is 4.79 Å². The normalized spacial score (nSPS) is 19.8. The van der Waals surface area contributed by atoms with E-state index in [-0.39, 0.29) is 36.0 Å². The van der Waals surface area contributed by atoms with Crippen LogP contribution in [0.1, 0.15) is 28.8 Å². The van der Waals surface area contributed by atoms with Gasteiger partial charge in [0.2, 0.25) is 5.91 Å². The van der Waals surface area contributed by atoms with Crippen molar-refractivity contribution in [3.05, 3.63) is 59.7 Å². The Bertz CT molecular complexity index is 1270. The van der Waals surface area contributed by atoms with Crippen LogP contribution in [0.25, 0.3) is 0 Å². The fraction of sp³-hybridized carbons (Fsp3) is 0.304. The molecule has 11 heteroatoms. The molecule has 0 saturated carbocycles. The Morgan fingerprint density at radius 1 is 1.03 bits per heavy atom. The van der Waals surface area contributed by atoms with Crippen molar-refractivity contribution in [3.8, 4) is 5.75 Å². The Balaban J connectivity index is 1.51. The van der Waals surface area contributed by atoms with Crippen molar-refractivity contribution in [1.29, 1.82) is 0 Å². The summed E-state index contributed by atoms with van der Waals surface area (Å²) in [6.45, 7) is 0.0291. The minimum absolute atomic E-state index is 0.129. The lowest BCUT2D eigenvalue weighted by molar-refractivity contribution is -0.136. The van der Waals surface area contributed by atoms with Crippen molar-refractivity contribution in [2.45, 2.75) is 36.2 Å². The van der Waals surface area contributed by atoms with Crippen LogP contribution in [0.5, 0.6) is 5.75 Å². The molecule has 0 aliphatic carbocycles. The molecule has 2 saturated heterocycles. The lowest BCUT2D eigenvalue weighted by Crippen LogP contribution is -2.43. The lowest BCUT2D eigenvalue weighted by Gasteiger charge is -2.25. The molecule has 2 aliphatic rings. The van der Waals surface area contributed by atoms with Crippen LogP contribution in [0.3, 0.4) is 0 Å². The summed E-state index contributed by atoms with van der Waals surface area (Å²) in [4.78, 5) is 52.6. The van der Waals surface area contributed by atoms with Gasteiger partial charge < -0.3 is 20.6 Å². The molecule has 2 heterocycles. The number of nitrogens with zero attached hydrogens (tertiary/aromatic N) is 2. The zero-order chi connectivity index (χ0) is 24.6. The Kier molecular flexibility index (Phi) is 6.13. The number of likely N-dealkylation sites (tertiary alicyclic amines) is 2. The molecular formula is C23H23N3O7S. The van der Waals surface area contributed by atoms with E-state index in [0.717, 1.165) is 11.6 Å². The number of hydrogen-bond acceptors (Lipinski definition) is 7. The lowest BCUT2D eigenvalue weighted by atomic mass is 10.1. The minimum Gasteiger partial charge on any atom is -0.508 e. The molecule has 3 N–H and O–H groups in total. The highest BCUT2D eigenvalue weighted by Gasteiger charge is 2.51. The number of hydrogen-bond donors (Lipinski definition) is 2. The van der Waals surface area contributed by atoms with Crippen LogP contribution in [0, 0.1) is 0 Å². The fourth-order valence-corrected chi connectivity index (χ4v) is 5.49. The Morgan fingerprint density at radius 3 is 2.38 bits per heavy atom. The van der Waals surface area contributed by atoms with Crippen LogP contribution in [0.15, 0.2) is 53.4 Å². The average molecular weight is 486 g/mol. The number of primary amides is 1. The van der Waals surface area contributed by atoms with Crippen molar-refractivity contribution >= 4 is 32.7 Å². The van der Waals surface area contributed by atoms with E-state index in [1.807, 2.05) is 0 Å². The maximum atomic E-state index is 13.3. The second kappa shape index (κ2) is 8.90. The number of amides is 3. The van der Waals surface area contributed by atoms with Gasteiger partial charge in [0.05, 0.1) is 23.0 Å². The summed E-state index contributed by atoms with van der Waals surface area (Å²) in [5, 5.41) is 7.80. The van der Waals surface area contributed by atoms with Crippen molar-refractivity contribution in [3.63, 3.8) is 0 Å². The maximum absolute atomic E-state index is 13.3. The van der Waals surface area contributed by atoms with E-state index in [2.05, 4.69) is 0 Å². The molecule has 2 atom stereocenters. The smallest absolute Gasteiger partial charge is 0.338 e. The molecular weight excluding hydrogens is 462 g/mol. The number of carbonyl (C=O) groups is 4. The Labute approximate surface area is 195 Å². The molecule has 3 amide bonds. The van der Waals surface area contributed by atoms with Gasteiger partial charge in [0.25, 0.3) is 15.7 Å². The topological polar surface area (TPSA) is 155 Å². The second-order valence-corrected chi connectivity index (χ2v) is 10.1. The van der Waals surface area contributed by atoms with Gasteiger partial charge in [-0.25, -0.2) is 8.42 Å². The summed E-state index contributed by atoms with van der Waals surface area (Å²) >= 11 is 0. The summed E-state index contributed by atoms with van der Waals surface area (Å²) in [5.74, 6) is -1.10. The van der Waals surface area contributed by atoms with Crippen LogP contribution >= 0.6 is 0 Å². The molecule has 2 unspecified atom stereocenters. The zero-order valence-corrected chi connectivity index (χ0v) is 18.9. The SMILES string of the molecule is NC(=O)S(=O)(=O)c1ccccc1C(=O)N1CC(=O)C2C1CCN2C(=O)CCc1ccc(O)cc1. The van der Waals surface area contributed by atoms with Gasteiger partial charge >= 0.3 is 5.24 Å². The predicted octanol–water partition coefficient (Wildman–Crippen LogP) is 0.872. The molecule has 10 nitrogen and oxygen atoms in total. The zero-order valence-electron chi connectivity index (χ0n) is 18.1. The third-order valence-electron chi connectivity index (χ3n) is 6.24. The second-order valence-electron chi connectivity index (χ2n) is 8.27. The van der Waals surface area contributed by atoms with E-state index in [9.17, 15) is 32.7 Å². The molecule has 2 aromatic rings. The number of carbonyl (C=O) groups excluding carboxylic acids is 4. The number of aromatic hydroxyl groups is 1. The molecule has 178 valence electrons. The van der Waals surface area contributed by atoms with Crippen LogP contribution in [-0.4, -0.2) is 71.3 Å². The first-order valence-electron chi connectivity index (χ1n) is 10.7. The molecule has 0 aromatic heterocycles. The summed E-state index contributed by atoms with van der Waals surface area (Å²) in [6, 6.07) is 10.3. The van der Waals surface area contributed by atoms with Gasteiger partial charge in [0.1, 0.15) is 11.8 Å². The Morgan fingerprint density at radius 2 is 1.71 bits per heavy atom. The van der Waals surface area contributed by atoms with Crippen molar-refractivity contribution in [1.82, 2.24) is 9.80 Å². The van der Waals surface area contributed by atoms with Crippen LogP contribution in [-0.2, 0) is 25.8 Å². The highest BCUT2D eigenvalue weighted by atomic mass is 32.2. The monoisotopic (exact) mass is 485 g/mol. The van der Waals surface area contributed by atoms with Crippen LogP contribution in [0.2, 0.25) is 0 Å².